The minimum Gasteiger partial charge on any atom is -0.379 e. The summed E-state index contributed by atoms with van der Waals surface area (Å²) >= 11 is 0. The molecule has 3 heteroatoms. The first-order valence-corrected chi connectivity index (χ1v) is 7.41. The zero-order valence-electron chi connectivity index (χ0n) is 11.3. The van der Waals surface area contributed by atoms with Crippen LogP contribution in [-0.2, 0) is 4.74 Å². The fourth-order valence-corrected chi connectivity index (χ4v) is 3.07. The molecule has 1 heterocycles. The summed E-state index contributed by atoms with van der Waals surface area (Å²) in [6.07, 6.45) is 8.48. The summed E-state index contributed by atoms with van der Waals surface area (Å²) in [5.74, 6) is 0. The van der Waals surface area contributed by atoms with Crippen LogP contribution in [0.1, 0.15) is 45.4 Å². The van der Waals surface area contributed by atoms with Gasteiger partial charge in [0, 0.05) is 31.7 Å². The number of morpholine rings is 1. The van der Waals surface area contributed by atoms with Gasteiger partial charge >= 0.3 is 0 Å². The summed E-state index contributed by atoms with van der Waals surface area (Å²) in [5.41, 5.74) is 0. The van der Waals surface area contributed by atoms with Gasteiger partial charge in [-0.2, -0.15) is 0 Å². The molecule has 0 bridgehead atoms. The summed E-state index contributed by atoms with van der Waals surface area (Å²) < 4.78 is 5.39. The lowest BCUT2D eigenvalue weighted by Gasteiger charge is -2.31. The third-order valence-corrected chi connectivity index (χ3v) is 4.01. The molecule has 2 rings (SSSR count). The number of ether oxygens (including phenoxy) is 1. The van der Waals surface area contributed by atoms with Crippen molar-refractivity contribution in [1.29, 1.82) is 0 Å². The molecule has 1 aliphatic carbocycles. The Morgan fingerprint density at radius 3 is 2.41 bits per heavy atom. The predicted octanol–water partition coefficient (Wildman–Crippen LogP) is 2.02. The highest BCUT2D eigenvalue weighted by atomic mass is 16.5. The van der Waals surface area contributed by atoms with E-state index in [4.69, 9.17) is 4.74 Å². The molecular weight excluding hydrogens is 212 g/mol. The molecule has 1 atom stereocenters. The third kappa shape index (κ3) is 4.94. The minimum absolute atomic E-state index is 0.621. The van der Waals surface area contributed by atoms with Crippen LogP contribution in [0.2, 0.25) is 0 Å². The van der Waals surface area contributed by atoms with E-state index >= 15 is 0 Å². The van der Waals surface area contributed by atoms with Crippen LogP contribution in [0, 0.1) is 0 Å². The zero-order chi connectivity index (χ0) is 11.9. The van der Waals surface area contributed by atoms with Crippen LogP contribution in [0.15, 0.2) is 0 Å². The highest BCUT2D eigenvalue weighted by Crippen LogP contribution is 2.17. The van der Waals surface area contributed by atoms with Crippen molar-refractivity contribution in [3.63, 3.8) is 0 Å². The van der Waals surface area contributed by atoms with Gasteiger partial charge < -0.3 is 10.1 Å². The molecule has 0 aromatic carbocycles. The molecule has 0 aromatic heterocycles. The predicted molar refractivity (Wildman–Crippen MR) is 71.3 cm³/mol. The Kier molecular flexibility index (Phi) is 5.75. The van der Waals surface area contributed by atoms with Gasteiger partial charge in [0.1, 0.15) is 0 Å². The van der Waals surface area contributed by atoms with Gasteiger partial charge in [0.25, 0.3) is 0 Å². The molecule has 0 aromatic rings. The van der Waals surface area contributed by atoms with Gasteiger partial charge in [-0.1, -0.05) is 25.7 Å². The molecule has 1 N–H and O–H groups in total. The standard InChI is InChI=1S/C14H28N2O/c1-13(12-16-8-10-17-11-9-16)15-14-6-4-2-3-5-7-14/h13-15H,2-12H2,1H3. The lowest BCUT2D eigenvalue weighted by atomic mass is 10.1. The van der Waals surface area contributed by atoms with E-state index < -0.39 is 0 Å². The van der Waals surface area contributed by atoms with Crippen LogP contribution in [0.4, 0.5) is 0 Å². The molecule has 1 saturated carbocycles. The largest absolute Gasteiger partial charge is 0.379 e. The maximum absolute atomic E-state index is 5.39. The Labute approximate surface area is 106 Å². The third-order valence-electron chi connectivity index (χ3n) is 4.01. The van der Waals surface area contributed by atoms with Gasteiger partial charge in [-0.3, -0.25) is 4.90 Å². The van der Waals surface area contributed by atoms with E-state index in [2.05, 4.69) is 17.1 Å². The van der Waals surface area contributed by atoms with E-state index in [1.807, 2.05) is 0 Å². The fourth-order valence-electron chi connectivity index (χ4n) is 3.07. The molecule has 3 nitrogen and oxygen atoms in total. The SMILES string of the molecule is CC(CN1CCOCC1)NC1CCCCCC1. The van der Waals surface area contributed by atoms with Crippen molar-refractivity contribution in [2.24, 2.45) is 0 Å². The van der Waals surface area contributed by atoms with Crippen LogP contribution < -0.4 is 5.32 Å². The van der Waals surface area contributed by atoms with Crippen LogP contribution in [-0.4, -0.2) is 49.8 Å². The number of nitrogens with one attached hydrogen (secondary N) is 1. The number of hydrogen-bond acceptors (Lipinski definition) is 3. The summed E-state index contributed by atoms with van der Waals surface area (Å²) in [6.45, 7) is 7.56. The van der Waals surface area contributed by atoms with Crippen molar-refractivity contribution in [3.8, 4) is 0 Å². The van der Waals surface area contributed by atoms with Crippen LogP contribution in [0.25, 0.3) is 0 Å². The molecule has 2 fully saturated rings. The highest BCUT2D eigenvalue weighted by Gasteiger charge is 2.17. The first kappa shape index (κ1) is 13.3. The second-order valence-corrected chi connectivity index (χ2v) is 5.67. The van der Waals surface area contributed by atoms with Crippen molar-refractivity contribution in [3.05, 3.63) is 0 Å². The monoisotopic (exact) mass is 240 g/mol. The molecule has 1 aliphatic heterocycles. The van der Waals surface area contributed by atoms with Gasteiger partial charge in [0.05, 0.1) is 13.2 Å². The van der Waals surface area contributed by atoms with Gasteiger partial charge in [-0.05, 0) is 19.8 Å². The molecule has 0 radical (unpaired) electrons. The molecule has 0 spiro atoms. The van der Waals surface area contributed by atoms with Crippen LogP contribution in [0.5, 0.6) is 0 Å². The van der Waals surface area contributed by atoms with Gasteiger partial charge in [0.2, 0.25) is 0 Å². The molecule has 2 aliphatic rings. The van der Waals surface area contributed by atoms with Crippen LogP contribution >= 0.6 is 0 Å². The summed E-state index contributed by atoms with van der Waals surface area (Å²) in [4.78, 5) is 2.53. The van der Waals surface area contributed by atoms with Crippen molar-refractivity contribution >= 4 is 0 Å². The quantitative estimate of drug-likeness (QED) is 0.761. The number of nitrogens with zero attached hydrogens (tertiary/aromatic N) is 1. The first-order chi connectivity index (χ1) is 8.34. The summed E-state index contributed by atoms with van der Waals surface area (Å²) in [7, 11) is 0. The Morgan fingerprint density at radius 1 is 1.12 bits per heavy atom. The smallest absolute Gasteiger partial charge is 0.0594 e. The lowest BCUT2D eigenvalue weighted by Crippen LogP contribution is -2.47. The Balaban J connectivity index is 1.66. The Hall–Kier alpha value is -0.120. The van der Waals surface area contributed by atoms with E-state index in [0.717, 1.165) is 32.3 Å². The van der Waals surface area contributed by atoms with Gasteiger partial charge in [-0.25, -0.2) is 0 Å². The molecule has 17 heavy (non-hydrogen) atoms. The Morgan fingerprint density at radius 2 is 1.76 bits per heavy atom. The van der Waals surface area contributed by atoms with Gasteiger partial charge in [0.15, 0.2) is 0 Å². The van der Waals surface area contributed by atoms with E-state index in [9.17, 15) is 0 Å². The zero-order valence-corrected chi connectivity index (χ0v) is 11.3. The van der Waals surface area contributed by atoms with E-state index in [0.29, 0.717) is 6.04 Å². The minimum atomic E-state index is 0.621. The maximum Gasteiger partial charge on any atom is 0.0594 e. The topological polar surface area (TPSA) is 24.5 Å². The second kappa shape index (κ2) is 7.34. The average Bonchev–Trinajstić information content (AvgIpc) is 2.59. The molecule has 1 unspecified atom stereocenters. The van der Waals surface area contributed by atoms with Crippen molar-refractivity contribution in [2.45, 2.75) is 57.5 Å². The number of rotatable bonds is 4. The second-order valence-electron chi connectivity index (χ2n) is 5.67. The van der Waals surface area contributed by atoms with Crippen molar-refractivity contribution < 1.29 is 4.74 Å². The van der Waals surface area contributed by atoms with Crippen LogP contribution in [0.3, 0.4) is 0 Å². The van der Waals surface area contributed by atoms with E-state index in [-0.39, 0.29) is 0 Å². The van der Waals surface area contributed by atoms with Crippen molar-refractivity contribution in [1.82, 2.24) is 10.2 Å². The normalized spacial score (nSPS) is 26.6. The van der Waals surface area contributed by atoms with Gasteiger partial charge in [-0.15, -0.1) is 0 Å². The number of hydrogen-bond donors (Lipinski definition) is 1. The average molecular weight is 240 g/mol. The van der Waals surface area contributed by atoms with E-state index in [1.54, 1.807) is 0 Å². The molecule has 100 valence electrons. The Bertz CT molecular complexity index is 196. The van der Waals surface area contributed by atoms with Crippen molar-refractivity contribution in [2.75, 3.05) is 32.8 Å². The highest BCUT2D eigenvalue weighted by molar-refractivity contribution is 4.77. The fraction of sp³-hybridized carbons (Fsp3) is 1.00. The maximum atomic E-state index is 5.39. The summed E-state index contributed by atoms with van der Waals surface area (Å²) in [5, 5.41) is 3.82. The molecular formula is C14H28N2O. The summed E-state index contributed by atoms with van der Waals surface area (Å²) in [6, 6.07) is 1.39. The van der Waals surface area contributed by atoms with E-state index in [1.165, 1.54) is 45.1 Å². The molecule has 0 amide bonds. The first-order valence-electron chi connectivity index (χ1n) is 7.41. The lowest BCUT2D eigenvalue weighted by molar-refractivity contribution is 0.0337. The molecule has 1 saturated heterocycles.